The Hall–Kier alpha value is -2.37. The van der Waals surface area contributed by atoms with Crippen LogP contribution in [-0.4, -0.2) is 29.9 Å². The molecule has 2 N–H and O–H groups in total. The molecule has 0 unspecified atom stereocenters. The average molecular weight is 290 g/mol. The Morgan fingerprint density at radius 1 is 1.29 bits per heavy atom. The van der Waals surface area contributed by atoms with Gasteiger partial charge in [-0.15, -0.1) is 0 Å². The number of carbonyl (C=O) groups is 3. The maximum atomic E-state index is 12.0. The number of esters is 1. The molecule has 1 saturated carbocycles. The highest BCUT2D eigenvalue weighted by Crippen LogP contribution is 2.19. The lowest BCUT2D eigenvalue weighted by Gasteiger charge is -2.13. The van der Waals surface area contributed by atoms with Crippen molar-refractivity contribution < 1.29 is 19.1 Å². The number of hydrogen-bond donors (Lipinski definition) is 2. The van der Waals surface area contributed by atoms with E-state index in [9.17, 15) is 14.4 Å². The number of carbonyl (C=O) groups excluding carboxylic acids is 3. The second kappa shape index (κ2) is 6.39. The molecule has 112 valence electrons. The van der Waals surface area contributed by atoms with Crippen LogP contribution in [0.4, 0.5) is 5.69 Å². The van der Waals surface area contributed by atoms with Gasteiger partial charge in [0.1, 0.15) is 0 Å². The van der Waals surface area contributed by atoms with Gasteiger partial charge in [-0.3, -0.25) is 9.59 Å². The number of ether oxygens (including phenoxy) is 1. The van der Waals surface area contributed by atoms with Crippen molar-refractivity contribution in [3.63, 3.8) is 0 Å². The largest absolute Gasteiger partial charge is 0.449 e. The van der Waals surface area contributed by atoms with E-state index in [-0.39, 0.29) is 23.4 Å². The molecule has 21 heavy (non-hydrogen) atoms. The van der Waals surface area contributed by atoms with E-state index >= 15 is 0 Å². The summed E-state index contributed by atoms with van der Waals surface area (Å²) in [7, 11) is 0. The second-order valence-corrected chi connectivity index (χ2v) is 5.09. The van der Waals surface area contributed by atoms with Gasteiger partial charge >= 0.3 is 5.97 Å². The number of nitrogens with one attached hydrogen (secondary N) is 2. The smallest absolute Gasteiger partial charge is 0.338 e. The third-order valence-electron chi connectivity index (χ3n) is 3.00. The van der Waals surface area contributed by atoms with Crippen LogP contribution in [0, 0.1) is 0 Å². The van der Waals surface area contributed by atoms with Gasteiger partial charge in [-0.1, -0.05) is 6.07 Å². The molecule has 1 aromatic rings. The molecule has 1 fully saturated rings. The Kier molecular flexibility index (Phi) is 4.57. The Morgan fingerprint density at radius 2 is 2.00 bits per heavy atom. The quantitative estimate of drug-likeness (QED) is 0.804. The second-order valence-electron chi connectivity index (χ2n) is 5.09. The summed E-state index contributed by atoms with van der Waals surface area (Å²) >= 11 is 0. The van der Waals surface area contributed by atoms with Gasteiger partial charge in [0.2, 0.25) is 5.91 Å². The van der Waals surface area contributed by atoms with Crippen LogP contribution in [0.5, 0.6) is 0 Å². The molecule has 0 heterocycles. The fourth-order valence-electron chi connectivity index (χ4n) is 1.76. The summed E-state index contributed by atoms with van der Waals surface area (Å²) in [4.78, 5) is 34.7. The molecule has 0 aromatic heterocycles. The van der Waals surface area contributed by atoms with Crippen LogP contribution in [0.1, 0.15) is 37.0 Å². The number of amides is 2. The van der Waals surface area contributed by atoms with Gasteiger partial charge in [0, 0.05) is 18.7 Å². The zero-order valence-corrected chi connectivity index (χ0v) is 12.0. The van der Waals surface area contributed by atoms with Gasteiger partial charge in [-0.2, -0.15) is 0 Å². The Morgan fingerprint density at radius 3 is 2.62 bits per heavy atom. The van der Waals surface area contributed by atoms with Crippen molar-refractivity contribution in [3.8, 4) is 0 Å². The van der Waals surface area contributed by atoms with E-state index in [0.29, 0.717) is 5.69 Å². The Labute approximate surface area is 122 Å². The molecule has 1 aliphatic carbocycles. The lowest BCUT2D eigenvalue weighted by Crippen LogP contribution is -2.37. The third-order valence-corrected chi connectivity index (χ3v) is 3.00. The molecule has 1 aromatic carbocycles. The molecular formula is C15H18N2O4. The lowest BCUT2D eigenvalue weighted by molar-refractivity contribution is -0.129. The van der Waals surface area contributed by atoms with Crippen molar-refractivity contribution in [2.75, 3.05) is 5.32 Å². The highest BCUT2D eigenvalue weighted by molar-refractivity contribution is 5.95. The topological polar surface area (TPSA) is 84.5 Å². The SMILES string of the molecule is CC(=O)Nc1cccc(C(=O)O[C@H](C)C(=O)NC2CC2)c1. The molecule has 0 aliphatic heterocycles. The summed E-state index contributed by atoms with van der Waals surface area (Å²) in [5.74, 6) is -1.11. The van der Waals surface area contributed by atoms with Gasteiger partial charge in [-0.25, -0.2) is 4.79 Å². The Bertz CT molecular complexity index is 567. The first-order valence-electron chi connectivity index (χ1n) is 6.84. The maximum absolute atomic E-state index is 12.0. The van der Waals surface area contributed by atoms with Crippen molar-refractivity contribution >= 4 is 23.5 Å². The van der Waals surface area contributed by atoms with E-state index in [1.807, 2.05) is 0 Å². The summed E-state index contributed by atoms with van der Waals surface area (Å²) in [5.41, 5.74) is 0.791. The van der Waals surface area contributed by atoms with E-state index in [1.54, 1.807) is 18.2 Å². The van der Waals surface area contributed by atoms with Crippen molar-refractivity contribution in [1.29, 1.82) is 0 Å². The fourth-order valence-corrected chi connectivity index (χ4v) is 1.76. The van der Waals surface area contributed by atoms with E-state index in [1.165, 1.54) is 19.9 Å². The summed E-state index contributed by atoms with van der Waals surface area (Å²) < 4.78 is 5.12. The van der Waals surface area contributed by atoms with E-state index in [2.05, 4.69) is 10.6 Å². The zero-order valence-electron chi connectivity index (χ0n) is 12.0. The van der Waals surface area contributed by atoms with Gasteiger partial charge in [0.15, 0.2) is 6.10 Å². The molecule has 0 bridgehead atoms. The van der Waals surface area contributed by atoms with Gasteiger partial charge in [-0.05, 0) is 38.0 Å². The fraction of sp³-hybridized carbons (Fsp3) is 0.400. The summed E-state index contributed by atoms with van der Waals surface area (Å²) in [5, 5.41) is 5.36. The van der Waals surface area contributed by atoms with Crippen LogP contribution in [0.2, 0.25) is 0 Å². The van der Waals surface area contributed by atoms with Crippen molar-refractivity contribution in [3.05, 3.63) is 29.8 Å². The number of rotatable bonds is 5. The predicted molar refractivity (Wildman–Crippen MR) is 76.8 cm³/mol. The van der Waals surface area contributed by atoms with Gasteiger partial charge in [0.25, 0.3) is 5.91 Å². The highest BCUT2D eigenvalue weighted by Gasteiger charge is 2.27. The third kappa shape index (κ3) is 4.59. The first kappa shape index (κ1) is 15.0. The molecule has 0 spiro atoms. The standard InChI is InChI=1S/C15H18N2O4/c1-9(14(19)17-12-6-7-12)21-15(20)11-4-3-5-13(8-11)16-10(2)18/h3-5,8-9,12H,6-7H2,1-2H3,(H,16,18)(H,17,19)/t9-/m1/s1. The zero-order chi connectivity index (χ0) is 15.4. The first-order valence-corrected chi connectivity index (χ1v) is 6.84. The molecule has 2 rings (SSSR count). The van der Waals surface area contributed by atoms with Crippen LogP contribution < -0.4 is 10.6 Å². The first-order chi connectivity index (χ1) is 9.95. The van der Waals surface area contributed by atoms with Crippen LogP contribution in [0.15, 0.2) is 24.3 Å². The number of anilines is 1. The van der Waals surface area contributed by atoms with Crippen molar-refractivity contribution in [1.82, 2.24) is 5.32 Å². The van der Waals surface area contributed by atoms with E-state index in [4.69, 9.17) is 4.74 Å². The van der Waals surface area contributed by atoms with E-state index in [0.717, 1.165) is 12.8 Å². The monoisotopic (exact) mass is 290 g/mol. The Balaban J connectivity index is 1.95. The maximum Gasteiger partial charge on any atom is 0.338 e. The molecule has 2 amide bonds. The number of hydrogen-bond acceptors (Lipinski definition) is 4. The van der Waals surface area contributed by atoms with E-state index < -0.39 is 12.1 Å². The molecule has 0 saturated heterocycles. The molecule has 6 nitrogen and oxygen atoms in total. The van der Waals surface area contributed by atoms with Crippen LogP contribution in [-0.2, 0) is 14.3 Å². The highest BCUT2D eigenvalue weighted by atomic mass is 16.5. The summed E-state index contributed by atoms with van der Waals surface area (Å²) in [6, 6.07) is 6.61. The molecular weight excluding hydrogens is 272 g/mol. The average Bonchev–Trinajstić information content (AvgIpc) is 3.22. The van der Waals surface area contributed by atoms with Crippen molar-refractivity contribution in [2.24, 2.45) is 0 Å². The molecule has 1 aliphatic rings. The minimum absolute atomic E-state index is 0.224. The summed E-state index contributed by atoms with van der Waals surface area (Å²) in [6.45, 7) is 2.92. The minimum atomic E-state index is -0.845. The lowest BCUT2D eigenvalue weighted by atomic mass is 10.2. The molecule has 1 atom stereocenters. The normalized spacial score (nSPS) is 15.0. The van der Waals surface area contributed by atoms with Gasteiger partial charge in [0.05, 0.1) is 5.56 Å². The van der Waals surface area contributed by atoms with Crippen LogP contribution >= 0.6 is 0 Å². The molecule has 0 radical (unpaired) electrons. The predicted octanol–water partition coefficient (Wildman–Crippen LogP) is 1.47. The van der Waals surface area contributed by atoms with Crippen molar-refractivity contribution in [2.45, 2.75) is 38.8 Å². The van der Waals surface area contributed by atoms with Gasteiger partial charge < -0.3 is 15.4 Å². The number of benzene rings is 1. The van der Waals surface area contributed by atoms with Crippen LogP contribution in [0.25, 0.3) is 0 Å². The summed E-state index contributed by atoms with van der Waals surface area (Å²) in [6.07, 6.45) is 1.11. The minimum Gasteiger partial charge on any atom is -0.449 e. The van der Waals surface area contributed by atoms with Crippen LogP contribution in [0.3, 0.4) is 0 Å². The molecule has 6 heteroatoms.